The molecule has 0 aliphatic carbocycles. The lowest BCUT2D eigenvalue weighted by Gasteiger charge is -1.99. The molecular weight excluding hydrogens is 173 g/mol. The maximum absolute atomic E-state index is 8.59. The third kappa shape index (κ3) is 1.83. The van der Waals surface area contributed by atoms with Gasteiger partial charge >= 0.3 is 0 Å². The van der Waals surface area contributed by atoms with Gasteiger partial charge in [0, 0.05) is 20.8 Å². The monoisotopic (exact) mass is 180 g/mol. The molecule has 3 radical (unpaired) electrons. The van der Waals surface area contributed by atoms with Crippen LogP contribution in [0.5, 0.6) is 0 Å². The molecule has 0 spiro atoms. The fourth-order valence-corrected chi connectivity index (χ4v) is 1.11. The van der Waals surface area contributed by atoms with Gasteiger partial charge in [0.05, 0.1) is 17.3 Å². The van der Waals surface area contributed by atoms with Crippen molar-refractivity contribution in [3.05, 3.63) is 48.3 Å². The Kier molecular flexibility index (Phi) is 3.08. The Morgan fingerprint density at radius 3 is 2.43 bits per heavy atom. The normalized spacial score (nSPS) is 8.79. The second-order valence-electron chi connectivity index (χ2n) is 2.61. The predicted molar refractivity (Wildman–Crippen MR) is 54.0 cm³/mol. The highest BCUT2D eigenvalue weighted by Crippen LogP contribution is 2.07. The van der Waals surface area contributed by atoms with Gasteiger partial charge in [-0.1, -0.05) is 0 Å². The van der Waals surface area contributed by atoms with E-state index >= 15 is 0 Å². The van der Waals surface area contributed by atoms with Crippen molar-refractivity contribution in [2.24, 2.45) is 0 Å². The lowest BCUT2D eigenvalue weighted by Crippen LogP contribution is -1.93. The van der Waals surface area contributed by atoms with Gasteiger partial charge in [-0.15, -0.1) is 0 Å². The summed E-state index contributed by atoms with van der Waals surface area (Å²) in [6.07, 6.45) is 3.58. The molecule has 2 aromatic rings. The van der Waals surface area contributed by atoms with Crippen LogP contribution in [0.15, 0.2) is 42.7 Å². The molecule has 65 valence electrons. The predicted octanol–water partition coefficient (Wildman–Crippen LogP) is 1.36. The van der Waals surface area contributed by atoms with Gasteiger partial charge in [-0.05, 0) is 30.3 Å². The summed E-state index contributed by atoms with van der Waals surface area (Å²) in [5, 5.41) is 12.7. The van der Waals surface area contributed by atoms with Crippen molar-refractivity contribution in [1.82, 2.24) is 9.78 Å². The molecule has 1 aromatic heterocycles. The van der Waals surface area contributed by atoms with Crippen LogP contribution in [0.2, 0.25) is 0 Å². The fourth-order valence-electron chi connectivity index (χ4n) is 1.11. The molecule has 14 heavy (non-hydrogen) atoms. The molecule has 1 aromatic carbocycles. The average Bonchev–Trinajstić information content (AvgIpc) is 2.71. The Hall–Kier alpha value is -2.02. The van der Waals surface area contributed by atoms with Gasteiger partial charge in [-0.3, -0.25) is 0 Å². The molecule has 0 atom stereocenters. The highest BCUT2D eigenvalue weighted by atomic mass is 15.3. The van der Waals surface area contributed by atoms with Crippen LogP contribution in [0.25, 0.3) is 5.69 Å². The molecule has 0 aliphatic heterocycles. The Balaban J connectivity index is 0.000000980. The number of benzene rings is 1. The quantitative estimate of drug-likeness (QED) is 0.621. The van der Waals surface area contributed by atoms with Crippen LogP contribution in [-0.2, 0) is 0 Å². The highest BCUT2D eigenvalue weighted by Gasteiger charge is 1.94. The number of rotatable bonds is 1. The van der Waals surface area contributed by atoms with Gasteiger partial charge in [-0.25, -0.2) is 4.68 Å². The number of nitriles is 1. The third-order valence-corrected chi connectivity index (χ3v) is 1.77. The van der Waals surface area contributed by atoms with Gasteiger partial charge in [0.2, 0.25) is 0 Å². The smallest absolute Gasteiger partial charge is 0.0991 e. The Labute approximate surface area is 84.2 Å². The van der Waals surface area contributed by atoms with Crippen LogP contribution in [0.4, 0.5) is 0 Å². The first-order valence-electron chi connectivity index (χ1n) is 3.90. The van der Waals surface area contributed by atoms with Crippen molar-refractivity contribution in [3.8, 4) is 11.8 Å². The zero-order chi connectivity index (χ0) is 9.10. The number of nitrogens with zero attached hydrogens (tertiary/aromatic N) is 3. The molecular formula is C10H7BN3. The van der Waals surface area contributed by atoms with Crippen molar-refractivity contribution in [2.75, 3.05) is 0 Å². The van der Waals surface area contributed by atoms with E-state index in [0.29, 0.717) is 5.56 Å². The standard InChI is InChI=1S/C10H7N3.B/c11-8-9-2-4-10(5-3-9)13-7-1-6-12-13;/h1-7H;. The average molecular weight is 180 g/mol. The van der Waals surface area contributed by atoms with E-state index in [1.807, 2.05) is 24.4 Å². The minimum Gasteiger partial charge on any atom is -0.241 e. The van der Waals surface area contributed by atoms with E-state index in [1.165, 1.54) is 0 Å². The van der Waals surface area contributed by atoms with Crippen LogP contribution in [0.3, 0.4) is 0 Å². The molecule has 1 heterocycles. The summed E-state index contributed by atoms with van der Waals surface area (Å²) >= 11 is 0. The van der Waals surface area contributed by atoms with E-state index in [-0.39, 0.29) is 8.41 Å². The minimum absolute atomic E-state index is 0. The van der Waals surface area contributed by atoms with E-state index < -0.39 is 0 Å². The van der Waals surface area contributed by atoms with Crippen LogP contribution < -0.4 is 0 Å². The molecule has 0 bridgehead atoms. The van der Waals surface area contributed by atoms with Crippen LogP contribution in [0.1, 0.15) is 5.56 Å². The summed E-state index contributed by atoms with van der Waals surface area (Å²) in [5.41, 5.74) is 1.62. The molecule has 0 amide bonds. The molecule has 0 aliphatic rings. The lowest BCUT2D eigenvalue weighted by atomic mass is 10.2. The number of hydrogen-bond donors (Lipinski definition) is 0. The largest absolute Gasteiger partial charge is 0.241 e. The molecule has 3 nitrogen and oxygen atoms in total. The first-order valence-corrected chi connectivity index (χ1v) is 3.90. The number of hydrogen-bond acceptors (Lipinski definition) is 2. The SMILES string of the molecule is N#Cc1ccc(-n2cccn2)cc1.[B]. The second-order valence-corrected chi connectivity index (χ2v) is 2.61. The van der Waals surface area contributed by atoms with Gasteiger partial charge in [0.15, 0.2) is 0 Å². The molecule has 0 saturated heterocycles. The fraction of sp³-hybridized carbons (Fsp3) is 0. The second kappa shape index (κ2) is 4.29. The maximum Gasteiger partial charge on any atom is 0.0991 e. The van der Waals surface area contributed by atoms with Crippen molar-refractivity contribution < 1.29 is 0 Å². The van der Waals surface area contributed by atoms with Crippen molar-refractivity contribution in [3.63, 3.8) is 0 Å². The molecule has 2 rings (SSSR count). The minimum atomic E-state index is 0. The summed E-state index contributed by atoms with van der Waals surface area (Å²) in [5.74, 6) is 0. The topological polar surface area (TPSA) is 41.6 Å². The first-order chi connectivity index (χ1) is 6.40. The van der Waals surface area contributed by atoms with Gasteiger partial charge in [-0.2, -0.15) is 10.4 Å². The zero-order valence-corrected chi connectivity index (χ0v) is 7.46. The van der Waals surface area contributed by atoms with Crippen molar-refractivity contribution in [2.45, 2.75) is 0 Å². The van der Waals surface area contributed by atoms with Crippen molar-refractivity contribution >= 4 is 8.41 Å². The van der Waals surface area contributed by atoms with E-state index in [9.17, 15) is 0 Å². The van der Waals surface area contributed by atoms with Gasteiger partial charge < -0.3 is 0 Å². The summed E-state index contributed by atoms with van der Waals surface area (Å²) in [6, 6.07) is 11.2. The first kappa shape index (κ1) is 10.1. The molecule has 0 fully saturated rings. The molecule has 0 saturated carbocycles. The van der Waals surface area contributed by atoms with E-state index in [1.54, 1.807) is 23.0 Å². The molecule has 0 N–H and O–H groups in total. The third-order valence-electron chi connectivity index (χ3n) is 1.77. The van der Waals surface area contributed by atoms with Crippen LogP contribution >= 0.6 is 0 Å². The van der Waals surface area contributed by atoms with E-state index in [4.69, 9.17) is 5.26 Å². The van der Waals surface area contributed by atoms with Crippen molar-refractivity contribution in [1.29, 1.82) is 5.26 Å². The van der Waals surface area contributed by atoms with E-state index in [0.717, 1.165) is 5.69 Å². The number of aromatic nitrogens is 2. The summed E-state index contributed by atoms with van der Waals surface area (Å²) in [4.78, 5) is 0. The molecule has 0 unspecified atom stereocenters. The van der Waals surface area contributed by atoms with Gasteiger partial charge in [0.25, 0.3) is 0 Å². The summed E-state index contributed by atoms with van der Waals surface area (Å²) < 4.78 is 1.75. The van der Waals surface area contributed by atoms with Crippen LogP contribution in [-0.4, -0.2) is 18.2 Å². The van der Waals surface area contributed by atoms with Gasteiger partial charge in [0.1, 0.15) is 0 Å². The highest BCUT2D eigenvalue weighted by molar-refractivity contribution is 5.75. The summed E-state index contributed by atoms with van der Waals surface area (Å²) in [6.45, 7) is 0. The Morgan fingerprint density at radius 1 is 1.21 bits per heavy atom. The van der Waals surface area contributed by atoms with E-state index in [2.05, 4.69) is 11.2 Å². The molecule has 4 heteroatoms. The maximum atomic E-state index is 8.59. The lowest BCUT2D eigenvalue weighted by molar-refractivity contribution is 0.880. The summed E-state index contributed by atoms with van der Waals surface area (Å²) in [7, 11) is 0. The zero-order valence-electron chi connectivity index (χ0n) is 7.46. The Morgan fingerprint density at radius 2 is 1.93 bits per heavy atom. The Bertz CT molecular complexity index is 425. The van der Waals surface area contributed by atoms with Crippen LogP contribution in [0, 0.1) is 11.3 Å².